The van der Waals surface area contributed by atoms with Crippen molar-refractivity contribution in [2.24, 2.45) is 0 Å². The van der Waals surface area contributed by atoms with Crippen LogP contribution in [0.15, 0.2) is 0 Å². The third-order valence-electron chi connectivity index (χ3n) is 3.42. The van der Waals surface area contributed by atoms with Crippen LogP contribution >= 0.6 is 20.7 Å². The van der Waals surface area contributed by atoms with Gasteiger partial charge in [0.15, 0.2) is 18.7 Å². The minimum absolute atomic E-state index is 0.143. The van der Waals surface area contributed by atoms with Crippen molar-refractivity contribution in [3.63, 3.8) is 0 Å². The van der Waals surface area contributed by atoms with Crippen molar-refractivity contribution in [2.75, 3.05) is 39.2 Å². The highest BCUT2D eigenvalue weighted by atomic mass is 32.2. The van der Waals surface area contributed by atoms with E-state index in [4.69, 9.17) is 14.0 Å². The van der Waals surface area contributed by atoms with Crippen LogP contribution in [-0.4, -0.2) is 65.9 Å². The van der Waals surface area contributed by atoms with E-state index in [1.165, 1.54) is 11.8 Å². The number of nitrogens with zero attached hydrogens (tertiary/aromatic N) is 2. The molecule has 0 aromatic rings. The van der Waals surface area contributed by atoms with Crippen LogP contribution < -0.4 is 0 Å². The van der Waals surface area contributed by atoms with E-state index >= 15 is 0 Å². The Kier molecular flexibility index (Phi) is 15.7. The zero-order valence-electron chi connectivity index (χ0n) is 16.0. The Morgan fingerprint density at radius 2 is 1.67 bits per heavy atom. The standard InChI is InChI=1S/C16H35N2O4PS/c1-7-17(8-2)10-9-16(19)24-13-21-11-20-12-22-23-18(14(3)4)15(5)6/h14-15,23H,7-13H2,1-6H3. The van der Waals surface area contributed by atoms with E-state index in [1.807, 2.05) is 0 Å². The summed E-state index contributed by atoms with van der Waals surface area (Å²) < 4.78 is 18.3. The molecule has 8 heteroatoms. The molecule has 6 nitrogen and oxygen atoms in total. The second-order valence-corrected chi connectivity index (χ2v) is 7.85. The molecule has 0 N–H and O–H groups in total. The van der Waals surface area contributed by atoms with Crippen molar-refractivity contribution < 1.29 is 18.8 Å². The van der Waals surface area contributed by atoms with E-state index in [0.717, 1.165) is 19.6 Å². The first kappa shape index (κ1) is 24.2. The van der Waals surface area contributed by atoms with Gasteiger partial charge in [0.25, 0.3) is 0 Å². The van der Waals surface area contributed by atoms with Crippen LogP contribution in [0.1, 0.15) is 48.0 Å². The average Bonchev–Trinajstić information content (AvgIpc) is 2.53. The Hall–Kier alpha value is 0.250. The molecule has 0 aliphatic carbocycles. The normalized spacial score (nSPS) is 12.6. The van der Waals surface area contributed by atoms with Gasteiger partial charge in [0.1, 0.15) is 5.94 Å². The molecule has 0 aromatic carbocycles. The van der Waals surface area contributed by atoms with Crippen LogP contribution in [0, 0.1) is 0 Å². The summed E-state index contributed by atoms with van der Waals surface area (Å²) >= 11 is 1.20. The lowest BCUT2D eigenvalue weighted by molar-refractivity contribution is -0.111. The molecule has 0 rings (SSSR count). The monoisotopic (exact) mass is 382 g/mol. The predicted octanol–water partition coefficient (Wildman–Crippen LogP) is 3.53. The summed E-state index contributed by atoms with van der Waals surface area (Å²) in [6.45, 7) is 15.9. The van der Waals surface area contributed by atoms with Gasteiger partial charge in [-0.3, -0.25) is 9.46 Å². The molecular weight excluding hydrogens is 347 g/mol. The third-order valence-corrected chi connectivity index (χ3v) is 5.72. The van der Waals surface area contributed by atoms with E-state index in [-0.39, 0.29) is 27.7 Å². The summed E-state index contributed by atoms with van der Waals surface area (Å²) in [5.41, 5.74) is 0. The molecule has 144 valence electrons. The van der Waals surface area contributed by atoms with Gasteiger partial charge >= 0.3 is 0 Å². The van der Waals surface area contributed by atoms with E-state index in [2.05, 4.69) is 51.1 Å². The second kappa shape index (κ2) is 15.5. The maximum absolute atomic E-state index is 11.7. The van der Waals surface area contributed by atoms with Crippen LogP contribution in [0.25, 0.3) is 0 Å². The van der Waals surface area contributed by atoms with Gasteiger partial charge in [-0.05, 0) is 40.8 Å². The zero-order chi connectivity index (χ0) is 18.4. The molecule has 24 heavy (non-hydrogen) atoms. The molecule has 1 unspecified atom stereocenters. The molecule has 0 aromatic heterocycles. The van der Waals surface area contributed by atoms with Crippen molar-refractivity contribution in [3.05, 3.63) is 0 Å². The molecule has 0 bridgehead atoms. The molecule has 0 aliphatic heterocycles. The number of hydrogen-bond donors (Lipinski definition) is 0. The molecule has 0 spiro atoms. The Morgan fingerprint density at radius 3 is 2.21 bits per heavy atom. The summed E-state index contributed by atoms with van der Waals surface area (Å²) in [7, 11) is 0.278. The molecule has 0 aliphatic rings. The molecule has 0 amide bonds. The minimum atomic E-state index is 0.143. The van der Waals surface area contributed by atoms with Gasteiger partial charge in [0.05, 0.1) is 8.96 Å². The van der Waals surface area contributed by atoms with Gasteiger partial charge in [-0.15, -0.1) is 0 Å². The minimum Gasteiger partial charge on any atom is -0.344 e. The number of hydrogen-bond acceptors (Lipinski definition) is 7. The first-order valence-corrected chi connectivity index (χ1v) is 10.5. The first-order valence-electron chi connectivity index (χ1n) is 8.61. The van der Waals surface area contributed by atoms with Crippen LogP contribution in [0.2, 0.25) is 0 Å². The van der Waals surface area contributed by atoms with Gasteiger partial charge in [-0.2, -0.15) is 0 Å². The van der Waals surface area contributed by atoms with Gasteiger partial charge in [0, 0.05) is 25.0 Å². The lowest BCUT2D eigenvalue weighted by atomic mass is 10.3. The average molecular weight is 383 g/mol. The van der Waals surface area contributed by atoms with Crippen LogP contribution in [0.4, 0.5) is 0 Å². The molecular formula is C16H35N2O4PS. The number of carbonyl (C=O) groups is 1. The quantitative estimate of drug-likeness (QED) is 0.244. The Bertz CT molecular complexity index is 310. The number of carbonyl (C=O) groups excluding carboxylic acids is 1. The smallest absolute Gasteiger partial charge is 0.192 e. The summed E-state index contributed by atoms with van der Waals surface area (Å²) in [4.78, 5) is 13.9. The zero-order valence-corrected chi connectivity index (χ0v) is 17.9. The number of ether oxygens (including phenoxy) is 2. The van der Waals surface area contributed by atoms with Crippen molar-refractivity contribution in [1.82, 2.24) is 9.57 Å². The maximum atomic E-state index is 11.7. The van der Waals surface area contributed by atoms with Gasteiger partial charge in [-0.25, -0.2) is 0 Å². The Balaban J connectivity index is 3.52. The highest BCUT2D eigenvalue weighted by Crippen LogP contribution is 2.25. The lowest BCUT2D eigenvalue weighted by Gasteiger charge is -2.29. The molecule has 1 atom stereocenters. The molecule has 0 radical (unpaired) electrons. The van der Waals surface area contributed by atoms with Crippen molar-refractivity contribution in [2.45, 2.75) is 60.0 Å². The second-order valence-electron chi connectivity index (χ2n) is 5.89. The molecule has 0 heterocycles. The number of thioether (sulfide) groups is 1. The van der Waals surface area contributed by atoms with Crippen LogP contribution in [0.3, 0.4) is 0 Å². The maximum Gasteiger partial charge on any atom is 0.192 e. The first-order chi connectivity index (χ1) is 11.4. The van der Waals surface area contributed by atoms with Crippen molar-refractivity contribution in [3.8, 4) is 0 Å². The Morgan fingerprint density at radius 1 is 1.04 bits per heavy atom. The van der Waals surface area contributed by atoms with Gasteiger partial charge in [0.2, 0.25) is 0 Å². The van der Waals surface area contributed by atoms with Gasteiger partial charge in [-0.1, -0.05) is 25.6 Å². The fourth-order valence-corrected chi connectivity index (χ4v) is 3.27. The fourth-order valence-electron chi connectivity index (χ4n) is 2.05. The van der Waals surface area contributed by atoms with Crippen molar-refractivity contribution >= 4 is 25.8 Å². The van der Waals surface area contributed by atoms with Gasteiger partial charge < -0.3 is 18.9 Å². The highest BCUT2D eigenvalue weighted by Gasteiger charge is 2.13. The number of rotatable bonds is 15. The largest absolute Gasteiger partial charge is 0.344 e. The summed E-state index contributed by atoms with van der Waals surface area (Å²) in [6.07, 6.45) is 0.557. The van der Waals surface area contributed by atoms with E-state index < -0.39 is 0 Å². The van der Waals surface area contributed by atoms with Crippen molar-refractivity contribution in [1.29, 1.82) is 0 Å². The predicted molar refractivity (Wildman–Crippen MR) is 103 cm³/mol. The van der Waals surface area contributed by atoms with E-state index in [9.17, 15) is 4.79 Å². The topological polar surface area (TPSA) is 51.2 Å². The third kappa shape index (κ3) is 12.6. The molecule has 0 saturated carbocycles. The summed E-state index contributed by atoms with van der Waals surface area (Å²) in [6, 6.07) is 0.886. The molecule has 0 saturated heterocycles. The lowest BCUT2D eigenvalue weighted by Crippen LogP contribution is -2.29. The van der Waals surface area contributed by atoms with E-state index in [1.54, 1.807) is 0 Å². The SMILES string of the molecule is CCN(CC)CCC(=O)SCOCOCOPN(C(C)C)C(C)C. The van der Waals surface area contributed by atoms with E-state index in [0.29, 0.717) is 24.4 Å². The summed E-state index contributed by atoms with van der Waals surface area (Å²) in [5.74, 6) is 0.323. The van der Waals surface area contributed by atoms with Crippen LogP contribution in [0.5, 0.6) is 0 Å². The van der Waals surface area contributed by atoms with Crippen LogP contribution in [-0.2, 0) is 18.8 Å². The summed E-state index contributed by atoms with van der Waals surface area (Å²) in [5, 5.41) is 0.157. The fraction of sp³-hybridized carbons (Fsp3) is 0.938. The molecule has 0 fully saturated rings. The highest BCUT2D eigenvalue weighted by molar-refractivity contribution is 8.13. The Labute approximate surface area is 153 Å².